The van der Waals surface area contributed by atoms with Gasteiger partial charge in [0.15, 0.2) is 11.4 Å². The Balaban J connectivity index is 1.61. The first kappa shape index (κ1) is 19.6. The van der Waals surface area contributed by atoms with Gasteiger partial charge in [0.25, 0.3) is 11.8 Å². The molecule has 3 aromatic heterocycles. The first-order valence-electron chi connectivity index (χ1n) is 8.97. The fourth-order valence-electron chi connectivity index (χ4n) is 2.81. The van der Waals surface area contributed by atoms with Gasteiger partial charge in [-0.2, -0.15) is 5.10 Å². The quantitative estimate of drug-likeness (QED) is 0.426. The second-order valence-corrected chi connectivity index (χ2v) is 6.36. The van der Waals surface area contributed by atoms with Crippen LogP contribution >= 0.6 is 0 Å². The van der Waals surface area contributed by atoms with Crippen LogP contribution in [-0.2, 0) is 0 Å². The number of aromatic nitrogens is 4. The van der Waals surface area contributed by atoms with E-state index < -0.39 is 11.8 Å². The van der Waals surface area contributed by atoms with Crippen LogP contribution in [0.1, 0.15) is 21.0 Å². The highest BCUT2D eigenvalue weighted by molar-refractivity contribution is 6.07. The normalized spacial score (nSPS) is 10.6. The van der Waals surface area contributed by atoms with E-state index in [1.807, 2.05) is 0 Å². The van der Waals surface area contributed by atoms with Crippen LogP contribution in [0.3, 0.4) is 0 Å². The first-order valence-corrected chi connectivity index (χ1v) is 8.97. The molecule has 0 fully saturated rings. The van der Waals surface area contributed by atoms with Gasteiger partial charge in [0.1, 0.15) is 17.8 Å². The summed E-state index contributed by atoms with van der Waals surface area (Å²) in [6.45, 7) is 0. The highest BCUT2D eigenvalue weighted by Crippen LogP contribution is 2.23. The number of carbonyl (C=O) groups excluding carboxylic acids is 2. The van der Waals surface area contributed by atoms with Crippen molar-refractivity contribution in [1.29, 1.82) is 0 Å². The van der Waals surface area contributed by atoms with Crippen LogP contribution in [-0.4, -0.2) is 38.7 Å². The molecule has 156 valence electrons. The average Bonchev–Trinajstić information content (AvgIpc) is 3.42. The zero-order chi connectivity index (χ0) is 22.0. The molecule has 4 aromatic rings. The molecule has 0 aliphatic rings. The van der Waals surface area contributed by atoms with Crippen molar-refractivity contribution in [1.82, 2.24) is 19.7 Å². The summed E-state index contributed by atoms with van der Waals surface area (Å²) in [6, 6.07) is 10.2. The van der Waals surface area contributed by atoms with Crippen LogP contribution in [0.25, 0.3) is 17.1 Å². The largest absolute Gasteiger partial charge is 0.497 e. The second-order valence-electron chi connectivity index (χ2n) is 6.36. The van der Waals surface area contributed by atoms with Gasteiger partial charge in [-0.1, -0.05) is 6.07 Å². The summed E-state index contributed by atoms with van der Waals surface area (Å²) in [6.07, 6.45) is 4.16. The number of anilines is 2. The standard InChI is InChI=1S/C20H17N7O4/c1-30-13-4-2-3-12(8-13)27-9-14(17(26-27)18(22)28)24-19(29)15-10-31-20(25-15)11-5-6-23-16(21)7-11/h2-10H,1H3,(H2,21,23)(H2,22,28)(H,24,29). The molecule has 0 aliphatic carbocycles. The molecule has 0 bridgehead atoms. The summed E-state index contributed by atoms with van der Waals surface area (Å²) in [7, 11) is 1.54. The third kappa shape index (κ3) is 4.05. The van der Waals surface area contributed by atoms with Crippen LogP contribution < -0.4 is 21.5 Å². The third-order valence-electron chi connectivity index (χ3n) is 4.28. The van der Waals surface area contributed by atoms with Crippen molar-refractivity contribution in [3.8, 4) is 22.9 Å². The number of benzene rings is 1. The van der Waals surface area contributed by atoms with Crippen molar-refractivity contribution in [2.24, 2.45) is 5.73 Å². The molecular formula is C20H17N7O4. The van der Waals surface area contributed by atoms with Gasteiger partial charge in [-0.15, -0.1) is 0 Å². The number of nitrogens with two attached hydrogens (primary N) is 2. The van der Waals surface area contributed by atoms with Crippen LogP contribution in [0.15, 0.2) is 59.5 Å². The summed E-state index contributed by atoms with van der Waals surface area (Å²) < 4.78 is 12.0. The zero-order valence-electron chi connectivity index (χ0n) is 16.3. The summed E-state index contributed by atoms with van der Waals surface area (Å²) in [4.78, 5) is 32.6. The van der Waals surface area contributed by atoms with Crippen molar-refractivity contribution in [3.63, 3.8) is 0 Å². The molecule has 11 heteroatoms. The molecule has 1 aromatic carbocycles. The number of hydrogen-bond acceptors (Lipinski definition) is 8. The zero-order valence-corrected chi connectivity index (χ0v) is 16.3. The minimum absolute atomic E-state index is 0.00469. The van der Waals surface area contributed by atoms with Gasteiger partial charge in [0.2, 0.25) is 5.89 Å². The van der Waals surface area contributed by atoms with Gasteiger partial charge < -0.3 is 25.9 Å². The maximum Gasteiger partial charge on any atom is 0.277 e. The Kier molecular flexibility index (Phi) is 5.06. The topological polar surface area (TPSA) is 164 Å². The number of hydrogen-bond donors (Lipinski definition) is 3. The summed E-state index contributed by atoms with van der Waals surface area (Å²) >= 11 is 0. The number of amides is 2. The molecule has 0 unspecified atom stereocenters. The van der Waals surface area contributed by atoms with Crippen molar-refractivity contribution in [2.45, 2.75) is 0 Å². The van der Waals surface area contributed by atoms with E-state index in [4.69, 9.17) is 20.6 Å². The first-order chi connectivity index (χ1) is 14.9. The summed E-state index contributed by atoms with van der Waals surface area (Å²) in [5.41, 5.74) is 12.3. The molecule has 0 spiro atoms. The van der Waals surface area contributed by atoms with Crippen LogP contribution in [0.5, 0.6) is 5.75 Å². The highest BCUT2D eigenvalue weighted by Gasteiger charge is 2.20. The Morgan fingerprint density at radius 3 is 2.81 bits per heavy atom. The summed E-state index contributed by atoms with van der Waals surface area (Å²) in [5, 5.41) is 6.76. The molecule has 11 nitrogen and oxygen atoms in total. The Morgan fingerprint density at radius 1 is 1.23 bits per heavy atom. The minimum Gasteiger partial charge on any atom is -0.497 e. The fourth-order valence-corrected chi connectivity index (χ4v) is 2.81. The number of primary amides is 1. The van der Waals surface area contributed by atoms with E-state index in [0.717, 1.165) is 0 Å². The van der Waals surface area contributed by atoms with E-state index in [9.17, 15) is 9.59 Å². The van der Waals surface area contributed by atoms with E-state index in [0.29, 0.717) is 17.0 Å². The number of carbonyl (C=O) groups is 2. The van der Waals surface area contributed by atoms with Gasteiger partial charge >= 0.3 is 0 Å². The number of nitrogen functional groups attached to an aromatic ring is 1. The van der Waals surface area contributed by atoms with Crippen LogP contribution in [0.2, 0.25) is 0 Å². The fraction of sp³-hybridized carbons (Fsp3) is 0.0500. The predicted molar refractivity (Wildman–Crippen MR) is 111 cm³/mol. The lowest BCUT2D eigenvalue weighted by Gasteiger charge is -2.04. The minimum atomic E-state index is -0.801. The lowest BCUT2D eigenvalue weighted by molar-refractivity contribution is 0.0996. The maximum atomic E-state index is 12.7. The lowest BCUT2D eigenvalue weighted by atomic mass is 10.2. The number of nitrogens with zero attached hydrogens (tertiary/aromatic N) is 4. The molecule has 0 aliphatic heterocycles. The number of nitrogens with one attached hydrogen (secondary N) is 1. The molecule has 5 N–H and O–H groups in total. The maximum absolute atomic E-state index is 12.7. The van der Waals surface area contributed by atoms with Gasteiger partial charge in [-0.05, 0) is 24.3 Å². The van der Waals surface area contributed by atoms with E-state index >= 15 is 0 Å². The predicted octanol–water partition coefficient (Wildman–Crippen LogP) is 1.86. The third-order valence-corrected chi connectivity index (χ3v) is 4.28. The van der Waals surface area contributed by atoms with E-state index in [-0.39, 0.29) is 28.8 Å². The van der Waals surface area contributed by atoms with E-state index in [2.05, 4.69) is 20.4 Å². The van der Waals surface area contributed by atoms with Crippen LogP contribution in [0.4, 0.5) is 11.5 Å². The number of pyridine rings is 1. The molecule has 0 saturated carbocycles. The Bertz CT molecular complexity index is 1280. The van der Waals surface area contributed by atoms with Crippen molar-refractivity contribution in [2.75, 3.05) is 18.2 Å². The van der Waals surface area contributed by atoms with Gasteiger partial charge in [0.05, 0.1) is 24.7 Å². The SMILES string of the molecule is COc1cccc(-n2cc(NC(=O)c3coc(-c4ccnc(N)c4)n3)c(C(N)=O)n2)c1. The van der Waals surface area contributed by atoms with Crippen molar-refractivity contribution < 1.29 is 18.7 Å². The number of methoxy groups -OCH3 is 1. The molecule has 31 heavy (non-hydrogen) atoms. The van der Waals surface area contributed by atoms with Gasteiger partial charge in [0, 0.05) is 17.8 Å². The highest BCUT2D eigenvalue weighted by atomic mass is 16.5. The van der Waals surface area contributed by atoms with Crippen molar-refractivity contribution in [3.05, 3.63) is 66.4 Å². The molecular weight excluding hydrogens is 402 g/mol. The Hall–Kier alpha value is -4.67. The average molecular weight is 419 g/mol. The number of rotatable bonds is 6. The lowest BCUT2D eigenvalue weighted by Crippen LogP contribution is -2.18. The number of ether oxygens (including phenoxy) is 1. The summed E-state index contributed by atoms with van der Waals surface area (Å²) in [5.74, 6) is -0.319. The molecule has 2 amide bonds. The monoisotopic (exact) mass is 419 g/mol. The van der Waals surface area contributed by atoms with Crippen molar-refractivity contribution >= 4 is 23.3 Å². The van der Waals surface area contributed by atoms with Gasteiger partial charge in [-0.3, -0.25) is 9.59 Å². The smallest absolute Gasteiger partial charge is 0.277 e. The molecule has 3 heterocycles. The Labute approximate surface area is 175 Å². The number of oxazole rings is 1. The Morgan fingerprint density at radius 2 is 2.06 bits per heavy atom. The molecule has 0 saturated heterocycles. The van der Waals surface area contributed by atoms with Gasteiger partial charge in [-0.25, -0.2) is 14.6 Å². The molecule has 0 atom stereocenters. The van der Waals surface area contributed by atoms with Crippen LogP contribution in [0, 0.1) is 0 Å². The van der Waals surface area contributed by atoms with E-state index in [1.165, 1.54) is 30.4 Å². The second kappa shape index (κ2) is 7.99. The molecule has 0 radical (unpaired) electrons. The molecule has 4 rings (SSSR count). The van der Waals surface area contributed by atoms with E-state index in [1.54, 1.807) is 36.4 Å².